The molecule has 7 heteroatoms. The van der Waals surface area contributed by atoms with Crippen molar-refractivity contribution >= 4 is 44.3 Å². The van der Waals surface area contributed by atoms with Gasteiger partial charge in [0.25, 0.3) is 5.56 Å². The molecule has 0 amide bonds. The molecule has 3 heterocycles. The van der Waals surface area contributed by atoms with Crippen molar-refractivity contribution in [2.45, 2.75) is 56.5 Å². The van der Waals surface area contributed by atoms with E-state index in [1.807, 2.05) is 12.1 Å². The average molecular weight is 411 g/mol. The summed E-state index contributed by atoms with van der Waals surface area (Å²) < 4.78 is 2.26. The first kappa shape index (κ1) is 17.9. The summed E-state index contributed by atoms with van der Waals surface area (Å²) in [5.74, 6) is 1.34. The van der Waals surface area contributed by atoms with Crippen LogP contribution in [0.4, 0.5) is 0 Å². The molecule has 28 heavy (non-hydrogen) atoms. The summed E-state index contributed by atoms with van der Waals surface area (Å²) in [5.41, 5.74) is 3.43. The highest BCUT2D eigenvalue weighted by atomic mass is 32.2. The molecule has 4 aromatic rings. The fourth-order valence-electron chi connectivity index (χ4n) is 4.01. The molecule has 0 saturated heterocycles. The van der Waals surface area contributed by atoms with Gasteiger partial charge >= 0.3 is 0 Å². The summed E-state index contributed by atoms with van der Waals surface area (Å²) in [6.45, 7) is 3.11. The van der Waals surface area contributed by atoms with Gasteiger partial charge < -0.3 is 9.55 Å². The van der Waals surface area contributed by atoms with Crippen molar-refractivity contribution in [2.75, 3.05) is 0 Å². The summed E-state index contributed by atoms with van der Waals surface area (Å²) in [6.07, 6.45) is 5.53. The SMILES string of the molecule is CCCn1c(SCc2nc3sc4c(c3c(=O)[nH]2)CCCC4)nc2ccccc21. The number of rotatable bonds is 5. The highest BCUT2D eigenvalue weighted by Gasteiger charge is 2.20. The van der Waals surface area contributed by atoms with Gasteiger partial charge in [-0.3, -0.25) is 4.79 Å². The maximum atomic E-state index is 12.7. The molecule has 0 bridgehead atoms. The number of benzene rings is 1. The van der Waals surface area contributed by atoms with Crippen molar-refractivity contribution in [3.05, 3.63) is 50.9 Å². The maximum absolute atomic E-state index is 12.7. The van der Waals surface area contributed by atoms with Crippen LogP contribution in [0.1, 0.15) is 42.5 Å². The van der Waals surface area contributed by atoms with E-state index in [1.54, 1.807) is 23.1 Å². The van der Waals surface area contributed by atoms with Crippen LogP contribution in [-0.2, 0) is 25.1 Å². The summed E-state index contributed by atoms with van der Waals surface area (Å²) in [7, 11) is 0. The van der Waals surface area contributed by atoms with Crippen LogP contribution in [0.15, 0.2) is 34.2 Å². The highest BCUT2D eigenvalue weighted by Crippen LogP contribution is 2.34. The Hall–Kier alpha value is -2.12. The summed E-state index contributed by atoms with van der Waals surface area (Å²) in [4.78, 5) is 27.6. The Bertz CT molecular complexity index is 1220. The Balaban J connectivity index is 1.47. The van der Waals surface area contributed by atoms with Gasteiger partial charge in [0.2, 0.25) is 0 Å². The molecule has 1 aromatic carbocycles. The van der Waals surface area contributed by atoms with Crippen molar-refractivity contribution < 1.29 is 0 Å². The average Bonchev–Trinajstić information content (AvgIpc) is 3.25. The second-order valence-corrected chi connectivity index (χ2v) is 9.25. The minimum Gasteiger partial charge on any atom is -0.319 e. The predicted octanol–water partition coefficient (Wildman–Crippen LogP) is 4.92. The topological polar surface area (TPSA) is 63.6 Å². The maximum Gasteiger partial charge on any atom is 0.259 e. The molecule has 3 aromatic heterocycles. The van der Waals surface area contributed by atoms with Gasteiger partial charge in [-0.05, 0) is 49.8 Å². The van der Waals surface area contributed by atoms with E-state index in [9.17, 15) is 4.79 Å². The first-order valence-electron chi connectivity index (χ1n) is 9.86. The third kappa shape index (κ3) is 3.06. The van der Waals surface area contributed by atoms with E-state index >= 15 is 0 Å². The number of aromatic nitrogens is 4. The molecule has 0 fully saturated rings. The van der Waals surface area contributed by atoms with Gasteiger partial charge in [-0.1, -0.05) is 30.8 Å². The van der Waals surface area contributed by atoms with Crippen molar-refractivity contribution in [2.24, 2.45) is 0 Å². The second kappa shape index (κ2) is 7.37. The Morgan fingerprint density at radius 3 is 2.96 bits per heavy atom. The molecular formula is C21H22N4OS2. The Kier molecular flexibility index (Phi) is 4.72. The third-order valence-corrected chi connectivity index (χ3v) is 7.45. The summed E-state index contributed by atoms with van der Waals surface area (Å²) in [5, 5.41) is 1.81. The first-order valence-corrected chi connectivity index (χ1v) is 11.7. The lowest BCUT2D eigenvalue weighted by Crippen LogP contribution is -2.12. The third-order valence-electron chi connectivity index (χ3n) is 5.28. The Morgan fingerprint density at radius 1 is 1.21 bits per heavy atom. The fourth-order valence-corrected chi connectivity index (χ4v) is 6.20. The molecule has 0 spiro atoms. The lowest BCUT2D eigenvalue weighted by atomic mass is 9.97. The van der Waals surface area contributed by atoms with Gasteiger partial charge in [-0.25, -0.2) is 9.97 Å². The molecule has 0 atom stereocenters. The number of thioether (sulfide) groups is 1. The number of nitrogens with zero attached hydrogens (tertiary/aromatic N) is 3. The normalized spacial score (nSPS) is 14.0. The molecule has 1 aliphatic carbocycles. The van der Waals surface area contributed by atoms with E-state index in [0.29, 0.717) is 5.75 Å². The fraction of sp³-hybridized carbons (Fsp3) is 0.381. The van der Waals surface area contributed by atoms with E-state index in [0.717, 1.165) is 58.0 Å². The Labute approximate surface area is 171 Å². The quantitative estimate of drug-likeness (QED) is 0.475. The van der Waals surface area contributed by atoms with Gasteiger partial charge in [-0.2, -0.15) is 0 Å². The molecule has 0 aliphatic heterocycles. The Morgan fingerprint density at radius 2 is 2.07 bits per heavy atom. The van der Waals surface area contributed by atoms with Crippen LogP contribution in [0, 0.1) is 0 Å². The summed E-state index contributed by atoms with van der Waals surface area (Å²) in [6, 6.07) is 8.24. The van der Waals surface area contributed by atoms with Gasteiger partial charge in [-0.15, -0.1) is 11.3 Å². The number of aryl methyl sites for hydroxylation is 3. The lowest BCUT2D eigenvalue weighted by molar-refractivity contribution is 0.638. The van der Waals surface area contributed by atoms with E-state index in [2.05, 4.69) is 28.6 Å². The van der Waals surface area contributed by atoms with Crippen LogP contribution in [0.5, 0.6) is 0 Å². The van der Waals surface area contributed by atoms with Gasteiger partial charge in [0.15, 0.2) is 5.16 Å². The molecule has 1 N–H and O–H groups in total. The predicted molar refractivity (Wildman–Crippen MR) is 116 cm³/mol. The minimum atomic E-state index is 0.0158. The molecular weight excluding hydrogens is 388 g/mol. The zero-order chi connectivity index (χ0) is 19.1. The number of hydrogen-bond acceptors (Lipinski definition) is 5. The largest absolute Gasteiger partial charge is 0.319 e. The van der Waals surface area contributed by atoms with Crippen LogP contribution < -0.4 is 5.56 Å². The zero-order valence-corrected chi connectivity index (χ0v) is 17.5. The van der Waals surface area contributed by atoms with E-state index < -0.39 is 0 Å². The van der Waals surface area contributed by atoms with Gasteiger partial charge in [0, 0.05) is 11.4 Å². The minimum absolute atomic E-state index is 0.0158. The molecule has 144 valence electrons. The number of thiophene rings is 1. The van der Waals surface area contributed by atoms with Crippen LogP contribution in [0.3, 0.4) is 0 Å². The second-order valence-electron chi connectivity index (χ2n) is 7.23. The van der Waals surface area contributed by atoms with Crippen molar-refractivity contribution in [3.63, 3.8) is 0 Å². The van der Waals surface area contributed by atoms with Crippen molar-refractivity contribution in [3.8, 4) is 0 Å². The molecule has 0 unspecified atom stereocenters. The lowest BCUT2D eigenvalue weighted by Gasteiger charge is -2.09. The number of aromatic amines is 1. The van der Waals surface area contributed by atoms with Crippen LogP contribution in [0.25, 0.3) is 21.3 Å². The molecule has 5 rings (SSSR count). The molecule has 0 saturated carbocycles. The van der Waals surface area contributed by atoms with Crippen LogP contribution in [-0.4, -0.2) is 19.5 Å². The van der Waals surface area contributed by atoms with Crippen molar-refractivity contribution in [1.82, 2.24) is 19.5 Å². The van der Waals surface area contributed by atoms with Crippen LogP contribution >= 0.6 is 23.1 Å². The standard InChI is InChI=1S/C21H22N4OS2/c1-2-11-25-15-9-5-4-8-14(15)22-21(25)27-12-17-23-19(26)18-13-7-3-6-10-16(13)28-20(18)24-17/h4-5,8-9H,2-3,6-7,10-12H2,1H3,(H,23,24,26). The monoisotopic (exact) mass is 410 g/mol. The van der Waals surface area contributed by atoms with Crippen molar-refractivity contribution in [1.29, 1.82) is 0 Å². The summed E-state index contributed by atoms with van der Waals surface area (Å²) >= 11 is 3.35. The molecule has 0 radical (unpaired) electrons. The number of para-hydroxylation sites is 2. The number of nitrogens with one attached hydrogen (secondary N) is 1. The number of H-pyrrole nitrogens is 1. The first-order chi connectivity index (χ1) is 13.7. The van der Waals surface area contributed by atoms with E-state index in [-0.39, 0.29) is 5.56 Å². The van der Waals surface area contributed by atoms with Gasteiger partial charge in [0.1, 0.15) is 10.7 Å². The van der Waals surface area contributed by atoms with Crippen LogP contribution in [0.2, 0.25) is 0 Å². The molecule has 1 aliphatic rings. The van der Waals surface area contributed by atoms with Gasteiger partial charge in [0.05, 0.1) is 22.2 Å². The highest BCUT2D eigenvalue weighted by molar-refractivity contribution is 7.98. The smallest absolute Gasteiger partial charge is 0.259 e. The van der Waals surface area contributed by atoms with E-state index in [4.69, 9.17) is 9.97 Å². The number of imidazole rings is 1. The van der Waals surface area contributed by atoms with E-state index in [1.165, 1.54) is 23.3 Å². The molecule has 5 nitrogen and oxygen atoms in total. The number of fused-ring (bicyclic) bond motifs is 4. The zero-order valence-electron chi connectivity index (χ0n) is 15.8. The number of hydrogen-bond donors (Lipinski definition) is 1.